The molecule has 0 fully saturated rings. The molecule has 0 saturated carbocycles. The molecule has 0 unspecified atom stereocenters. The number of hydrogen-bond donors (Lipinski definition) is 2. The molecule has 2 aromatic carbocycles. The van der Waals surface area contributed by atoms with E-state index in [0.717, 1.165) is 0 Å². The average Bonchev–Trinajstić information content (AvgIpc) is 2.53. The van der Waals surface area contributed by atoms with Gasteiger partial charge in [0, 0.05) is 5.56 Å². The van der Waals surface area contributed by atoms with Crippen LogP contribution in [0.4, 0.5) is 14.5 Å². The predicted octanol–water partition coefficient (Wildman–Crippen LogP) is 3.05. The molecule has 2 rings (SSSR count). The van der Waals surface area contributed by atoms with Crippen LogP contribution in [0, 0.1) is 0 Å². The Hall–Kier alpha value is -2.83. The van der Waals surface area contributed by atoms with Crippen LogP contribution < -0.4 is 20.3 Å². The molecule has 116 valence electrons. The normalized spacial score (nSPS) is 10.2. The third kappa shape index (κ3) is 4.08. The Kier molecular flexibility index (Phi) is 5.13. The van der Waals surface area contributed by atoms with Crippen molar-refractivity contribution in [3.8, 4) is 11.5 Å². The zero-order valence-corrected chi connectivity index (χ0v) is 11.7. The number of nitrogens with one attached hydrogen (secondary N) is 2. The van der Waals surface area contributed by atoms with Crippen molar-refractivity contribution >= 4 is 11.6 Å². The van der Waals surface area contributed by atoms with Gasteiger partial charge in [0.1, 0.15) is 0 Å². The third-order valence-electron chi connectivity index (χ3n) is 2.74. The number of benzene rings is 2. The Labute approximate surface area is 125 Å². The lowest BCUT2D eigenvalue weighted by molar-refractivity contribution is -0.0512. The lowest BCUT2D eigenvalue weighted by Gasteiger charge is -2.12. The molecule has 0 radical (unpaired) electrons. The molecular formula is C15H14F2N2O3. The van der Waals surface area contributed by atoms with Crippen molar-refractivity contribution in [2.75, 3.05) is 12.5 Å². The van der Waals surface area contributed by atoms with Crippen molar-refractivity contribution < 1.29 is 23.0 Å². The van der Waals surface area contributed by atoms with E-state index in [1.165, 1.54) is 25.3 Å². The van der Waals surface area contributed by atoms with Crippen LogP contribution in [0.3, 0.4) is 0 Å². The second-order valence-corrected chi connectivity index (χ2v) is 4.19. The van der Waals surface area contributed by atoms with Crippen molar-refractivity contribution in [1.82, 2.24) is 5.43 Å². The van der Waals surface area contributed by atoms with Gasteiger partial charge in [-0.05, 0) is 30.3 Å². The zero-order chi connectivity index (χ0) is 15.9. The van der Waals surface area contributed by atoms with Crippen molar-refractivity contribution in [3.05, 3.63) is 54.1 Å². The maximum absolute atomic E-state index is 12.2. The maximum atomic E-state index is 12.2. The molecule has 5 nitrogen and oxygen atoms in total. The summed E-state index contributed by atoms with van der Waals surface area (Å²) in [4.78, 5) is 12.0. The number of hydrogen-bond acceptors (Lipinski definition) is 4. The van der Waals surface area contributed by atoms with Gasteiger partial charge in [0.2, 0.25) is 0 Å². The Morgan fingerprint density at radius 3 is 2.45 bits per heavy atom. The Morgan fingerprint density at radius 2 is 1.82 bits per heavy atom. The largest absolute Gasteiger partial charge is 0.493 e. The molecule has 0 heterocycles. The van der Waals surface area contributed by atoms with Crippen LogP contribution in [-0.2, 0) is 0 Å². The molecule has 0 aliphatic rings. The van der Waals surface area contributed by atoms with E-state index < -0.39 is 12.5 Å². The summed E-state index contributed by atoms with van der Waals surface area (Å²) in [5.41, 5.74) is 6.18. The second kappa shape index (κ2) is 7.26. The number of rotatable bonds is 6. The Bertz CT molecular complexity index is 636. The monoisotopic (exact) mass is 308 g/mol. The fraction of sp³-hybridized carbons (Fsp3) is 0.133. The first kappa shape index (κ1) is 15.6. The van der Waals surface area contributed by atoms with Crippen LogP contribution in [0.15, 0.2) is 48.5 Å². The van der Waals surface area contributed by atoms with E-state index in [0.29, 0.717) is 5.69 Å². The summed E-state index contributed by atoms with van der Waals surface area (Å²) in [7, 11) is 1.30. The van der Waals surface area contributed by atoms with Gasteiger partial charge in [-0.25, -0.2) is 0 Å². The van der Waals surface area contributed by atoms with Crippen molar-refractivity contribution in [2.24, 2.45) is 0 Å². The number of carbonyl (C=O) groups is 1. The molecule has 2 aromatic rings. The minimum Gasteiger partial charge on any atom is -0.493 e. The molecule has 7 heteroatoms. The number of ether oxygens (including phenoxy) is 2. The second-order valence-electron chi connectivity index (χ2n) is 4.19. The van der Waals surface area contributed by atoms with Crippen LogP contribution in [0.5, 0.6) is 11.5 Å². The number of alkyl halides is 2. The number of anilines is 1. The maximum Gasteiger partial charge on any atom is 0.387 e. The van der Waals surface area contributed by atoms with E-state index in [9.17, 15) is 13.6 Å². The number of carbonyl (C=O) groups excluding carboxylic acids is 1. The van der Waals surface area contributed by atoms with Gasteiger partial charge < -0.3 is 9.47 Å². The van der Waals surface area contributed by atoms with Crippen molar-refractivity contribution in [1.29, 1.82) is 0 Å². The standard InChI is InChI=1S/C15H14F2N2O3/c1-21-13-9-10(7-8-12(13)22-15(16)17)14(20)19-18-11-5-3-2-4-6-11/h2-9,15,18H,1H3,(H,19,20). The van der Waals surface area contributed by atoms with Gasteiger partial charge in [-0.1, -0.05) is 18.2 Å². The quantitative estimate of drug-likeness (QED) is 0.805. The third-order valence-corrected chi connectivity index (χ3v) is 2.74. The van der Waals surface area contributed by atoms with Gasteiger partial charge in [-0.2, -0.15) is 8.78 Å². The Morgan fingerprint density at radius 1 is 1.09 bits per heavy atom. The summed E-state index contributed by atoms with van der Waals surface area (Å²) in [6.45, 7) is -2.96. The number of amides is 1. The van der Waals surface area contributed by atoms with Gasteiger partial charge >= 0.3 is 6.61 Å². The fourth-order valence-electron chi connectivity index (χ4n) is 1.72. The predicted molar refractivity (Wildman–Crippen MR) is 77.2 cm³/mol. The molecule has 0 aromatic heterocycles. The van der Waals surface area contributed by atoms with Gasteiger partial charge in [0.05, 0.1) is 12.8 Å². The van der Waals surface area contributed by atoms with Crippen molar-refractivity contribution in [2.45, 2.75) is 6.61 Å². The van der Waals surface area contributed by atoms with Crippen LogP contribution in [0.1, 0.15) is 10.4 Å². The van der Waals surface area contributed by atoms with Crippen LogP contribution >= 0.6 is 0 Å². The van der Waals surface area contributed by atoms with E-state index in [4.69, 9.17) is 4.74 Å². The van der Waals surface area contributed by atoms with Gasteiger partial charge in [0.15, 0.2) is 11.5 Å². The van der Waals surface area contributed by atoms with Gasteiger partial charge in [-0.15, -0.1) is 0 Å². The highest BCUT2D eigenvalue weighted by Gasteiger charge is 2.14. The molecule has 2 N–H and O–H groups in total. The number of methoxy groups -OCH3 is 1. The van der Waals surface area contributed by atoms with E-state index in [2.05, 4.69) is 15.6 Å². The number of para-hydroxylation sites is 1. The molecular weight excluding hydrogens is 294 g/mol. The van der Waals surface area contributed by atoms with E-state index in [-0.39, 0.29) is 17.1 Å². The first-order chi connectivity index (χ1) is 10.6. The van der Waals surface area contributed by atoms with Gasteiger partial charge in [-0.3, -0.25) is 15.6 Å². The highest BCUT2D eigenvalue weighted by atomic mass is 19.3. The summed E-state index contributed by atoms with van der Waals surface area (Å²) in [5, 5.41) is 0. The molecule has 0 aliphatic heterocycles. The topological polar surface area (TPSA) is 59.6 Å². The van der Waals surface area contributed by atoms with Crippen LogP contribution in [-0.4, -0.2) is 19.6 Å². The summed E-state index contributed by atoms with van der Waals surface area (Å²) in [6.07, 6.45) is 0. The summed E-state index contributed by atoms with van der Waals surface area (Å²) in [5.74, 6) is -0.525. The molecule has 22 heavy (non-hydrogen) atoms. The summed E-state index contributed by atoms with van der Waals surface area (Å²) < 4.78 is 33.7. The fourth-order valence-corrected chi connectivity index (χ4v) is 1.72. The minimum absolute atomic E-state index is 0.0488. The average molecular weight is 308 g/mol. The molecule has 1 amide bonds. The SMILES string of the molecule is COc1cc(C(=O)NNc2ccccc2)ccc1OC(F)F. The number of halogens is 2. The summed E-state index contributed by atoms with van der Waals surface area (Å²) >= 11 is 0. The first-order valence-electron chi connectivity index (χ1n) is 6.34. The molecule has 0 atom stereocenters. The van der Waals surface area contributed by atoms with Crippen molar-refractivity contribution in [3.63, 3.8) is 0 Å². The van der Waals surface area contributed by atoms with E-state index >= 15 is 0 Å². The van der Waals surface area contributed by atoms with E-state index in [1.807, 2.05) is 18.2 Å². The van der Waals surface area contributed by atoms with Gasteiger partial charge in [0.25, 0.3) is 5.91 Å². The van der Waals surface area contributed by atoms with Crippen LogP contribution in [0.25, 0.3) is 0 Å². The molecule has 0 bridgehead atoms. The lowest BCUT2D eigenvalue weighted by atomic mass is 10.2. The lowest BCUT2D eigenvalue weighted by Crippen LogP contribution is -2.29. The molecule has 0 aliphatic carbocycles. The molecule has 0 spiro atoms. The summed E-state index contributed by atoms with van der Waals surface area (Å²) in [6, 6.07) is 13.0. The molecule has 0 saturated heterocycles. The first-order valence-corrected chi connectivity index (χ1v) is 6.34. The highest BCUT2D eigenvalue weighted by molar-refractivity contribution is 5.95. The number of hydrazine groups is 1. The Balaban J connectivity index is 2.06. The van der Waals surface area contributed by atoms with E-state index in [1.54, 1.807) is 12.1 Å². The smallest absolute Gasteiger partial charge is 0.387 e. The highest BCUT2D eigenvalue weighted by Crippen LogP contribution is 2.29. The minimum atomic E-state index is -2.96. The van der Waals surface area contributed by atoms with Crippen LogP contribution in [0.2, 0.25) is 0 Å². The zero-order valence-electron chi connectivity index (χ0n) is 11.7.